The van der Waals surface area contributed by atoms with E-state index in [-0.39, 0.29) is 0 Å². The maximum Gasteiger partial charge on any atom is 0.0587 e. The molecule has 0 amide bonds. The molecule has 0 bridgehead atoms. The minimum atomic E-state index is 0.303. The Balaban J connectivity index is 2.34. The molecular formula is C13H27NO. The molecule has 1 rings (SSSR count). The smallest absolute Gasteiger partial charge is 0.0587 e. The van der Waals surface area contributed by atoms with Gasteiger partial charge in [0.05, 0.1) is 6.61 Å². The third-order valence-corrected chi connectivity index (χ3v) is 3.45. The first-order valence-electron chi connectivity index (χ1n) is 6.58. The second kappa shape index (κ2) is 7.24. The van der Waals surface area contributed by atoms with Crippen molar-refractivity contribution in [1.29, 1.82) is 0 Å². The molecule has 1 saturated carbocycles. The van der Waals surface area contributed by atoms with Gasteiger partial charge in [-0.25, -0.2) is 0 Å². The van der Waals surface area contributed by atoms with Crippen LogP contribution in [-0.4, -0.2) is 24.3 Å². The first-order valence-corrected chi connectivity index (χ1v) is 6.58. The van der Waals surface area contributed by atoms with Crippen LogP contribution in [0.4, 0.5) is 0 Å². The first kappa shape index (κ1) is 13.0. The van der Waals surface area contributed by atoms with Gasteiger partial charge in [-0.2, -0.15) is 0 Å². The van der Waals surface area contributed by atoms with Crippen LogP contribution in [0.5, 0.6) is 0 Å². The maximum atomic E-state index is 9.42. The summed E-state index contributed by atoms with van der Waals surface area (Å²) in [5.74, 6) is 1.38. The standard InChI is InChI=1S/C13H27NO/c1-11(2)9-14-13(10-15)12-7-5-3-4-6-8-12/h11-15H,3-10H2,1-2H3. The Hall–Kier alpha value is -0.0800. The van der Waals surface area contributed by atoms with Gasteiger partial charge in [0.15, 0.2) is 0 Å². The number of rotatable bonds is 5. The SMILES string of the molecule is CC(C)CNC(CO)C1CCCCCC1. The van der Waals surface area contributed by atoms with Crippen molar-refractivity contribution in [2.75, 3.05) is 13.2 Å². The van der Waals surface area contributed by atoms with Gasteiger partial charge < -0.3 is 10.4 Å². The fourth-order valence-electron chi connectivity index (χ4n) is 2.48. The molecule has 2 N–H and O–H groups in total. The minimum absolute atomic E-state index is 0.303. The molecule has 15 heavy (non-hydrogen) atoms. The lowest BCUT2D eigenvalue weighted by atomic mass is 9.92. The van der Waals surface area contributed by atoms with Gasteiger partial charge in [0.25, 0.3) is 0 Å². The Morgan fingerprint density at radius 3 is 2.20 bits per heavy atom. The lowest BCUT2D eigenvalue weighted by molar-refractivity contribution is 0.184. The van der Waals surface area contributed by atoms with Crippen LogP contribution >= 0.6 is 0 Å². The second-order valence-corrected chi connectivity index (χ2v) is 5.34. The van der Waals surface area contributed by atoms with Gasteiger partial charge in [0, 0.05) is 6.04 Å². The summed E-state index contributed by atoms with van der Waals surface area (Å²) in [6.07, 6.45) is 8.08. The quantitative estimate of drug-likeness (QED) is 0.688. The van der Waals surface area contributed by atoms with E-state index < -0.39 is 0 Å². The van der Waals surface area contributed by atoms with E-state index in [0.717, 1.165) is 6.54 Å². The predicted molar refractivity (Wildman–Crippen MR) is 64.9 cm³/mol. The Morgan fingerprint density at radius 1 is 1.13 bits per heavy atom. The third kappa shape index (κ3) is 4.98. The number of aliphatic hydroxyl groups excluding tert-OH is 1. The topological polar surface area (TPSA) is 32.3 Å². The summed E-state index contributed by atoms with van der Waals surface area (Å²) in [6, 6.07) is 0.338. The van der Waals surface area contributed by atoms with E-state index in [1.165, 1.54) is 38.5 Å². The Labute approximate surface area is 94.5 Å². The van der Waals surface area contributed by atoms with Crippen LogP contribution < -0.4 is 5.32 Å². The molecule has 1 aliphatic carbocycles. The molecule has 0 aromatic heterocycles. The molecule has 0 aromatic carbocycles. The van der Waals surface area contributed by atoms with E-state index in [4.69, 9.17) is 0 Å². The molecule has 1 fully saturated rings. The van der Waals surface area contributed by atoms with Gasteiger partial charge in [-0.3, -0.25) is 0 Å². The maximum absolute atomic E-state index is 9.42. The number of nitrogens with one attached hydrogen (secondary N) is 1. The fraction of sp³-hybridized carbons (Fsp3) is 1.00. The van der Waals surface area contributed by atoms with Crippen molar-refractivity contribution in [3.63, 3.8) is 0 Å². The van der Waals surface area contributed by atoms with Crippen LogP contribution in [0.1, 0.15) is 52.4 Å². The normalized spacial score (nSPS) is 21.6. The highest BCUT2D eigenvalue weighted by Crippen LogP contribution is 2.25. The molecule has 1 unspecified atom stereocenters. The van der Waals surface area contributed by atoms with Crippen LogP contribution in [0, 0.1) is 11.8 Å². The zero-order chi connectivity index (χ0) is 11.1. The largest absolute Gasteiger partial charge is 0.395 e. The van der Waals surface area contributed by atoms with Gasteiger partial charge in [-0.05, 0) is 31.2 Å². The summed E-state index contributed by atoms with van der Waals surface area (Å²) >= 11 is 0. The zero-order valence-electron chi connectivity index (χ0n) is 10.3. The number of hydrogen-bond acceptors (Lipinski definition) is 2. The minimum Gasteiger partial charge on any atom is -0.395 e. The molecule has 0 saturated heterocycles. The molecule has 0 aromatic rings. The molecule has 1 atom stereocenters. The molecule has 2 nitrogen and oxygen atoms in total. The number of aliphatic hydroxyl groups is 1. The van der Waals surface area contributed by atoms with Gasteiger partial charge in [0.1, 0.15) is 0 Å². The molecule has 0 radical (unpaired) electrons. The molecular weight excluding hydrogens is 186 g/mol. The summed E-state index contributed by atoms with van der Waals surface area (Å²) in [4.78, 5) is 0. The van der Waals surface area contributed by atoms with Crippen molar-refractivity contribution < 1.29 is 5.11 Å². The van der Waals surface area contributed by atoms with Crippen molar-refractivity contribution in [1.82, 2.24) is 5.32 Å². The van der Waals surface area contributed by atoms with Crippen molar-refractivity contribution in [2.45, 2.75) is 58.4 Å². The van der Waals surface area contributed by atoms with Crippen molar-refractivity contribution in [3.05, 3.63) is 0 Å². The van der Waals surface area contributed by atoms with Crippen molar-refractivity contribution >= 4 is 0 Å². The molecule has 2 heteroatoms. The lowest BCUT2D eigenvalue weighted by Crippen LogP contribution is -2.41. The molecule has 1 aliphatic rings. The first-order chi connectivity index (χ1) is 7.24. The average molecular weight is 213 g/mol. The van der Waals surface area contributed by atoms with E-state index in [0.29, 0.717) is 24.5 Å². The van der Waals surface area contributed by atoms with Crippen LogP contribution in [0.3, 0.4) is 0 Å². The summed E-state index contributed by atoms with van der Waals surface area (Å²) < 4.78 is 0. The highest BCUT2D eigenvalue weighted by Gasteiger charge is 2.21. The predicted octanol–water partition coefficient (Wildman–Crippen LogP) is 2.56. The summed E-state index contributed by atoms with van der Waals surface area (Å²) in [5.41, 5.74) is 0. The second-order valence-electron chi connectivity index (χ2n) is 5.34. The molecule has 0 aliphatic heterocycles. The number of hydrogen-bond donors (Lipinski definition) is 2. The van der Waals surface area contributed by atoms with Crippen molar-refractivity contribution in [3.8, 4) is 0 Å². The van der Waals surface area contributed by atoms with E-state index >= 15 is 0 Å². The highest BCUT2D eigenvalue weighted by atomic mass is 16.3. The Bertz CT molecular complexity index is 151. The molecule has 0 spiro atoms. The Morgan fingerprint density at radius 2 is 1.73 bits per heavy atom. The van der Waals surface area contributed by atoms with E-state index in [1.54, 1.807) is 0 Å². The van der Waals surface area contributed by atoms with E-state index in [2.05, 4.69) is 19.2 Å². The monoisotopic (exact) mass is 213 g/mol. The van der Waals surface area contributed by atoms with Crippen LogP contribution in [0.2, 0.25) is 0 Å². The van der Waals surface area contributed by atoms with Gasteiger partial charge in [0.2, 0.25) is 0 Å². The molecule has 90 valence electrons. The van der Waals surface area contributed by atoms with Crippen molar-refractivity contribution in [2.24, 2.45) is 11.8 Å². The van der Waals surface area contributed by atoms with Gasteiger partial charge >= 0.3 is 0 Å². The van der Waals surface area contributed by atoms with Crippen LogP contribution in [0.15, 0.2) is 0 Å². The van der Waals surface area contributed by atoms with E-state index in [9.17, 15) is 5.11 Å². The molecule has 0 heterocycles. The fourth-order valence-corrected chi connectivity index (χ4v) is 2.48. The summed E-state index contributed by atoms with van der Waals surface area (Å²) in [7, 11) is 0. The highest BCUT2D eigenvalue weighted by molar-refractivity contribution is 4.78. The van der Waals surface area contributed by atoms with Crippen LogP contribution in [-0.2, 0) is 0 Å². The van der Waals surface area contributed by atoms with Gasteiger partial charge in [-0.15, -0.1) is 0 Å². The summed E-state index contributed by atoms with van der Waals surface area (Å²) in [5, 5.41) is 12.9. The Kier molecular flexibility index (Phi) is 6.26. The van der Waals surface area contributed by atoms with E-state index in [1.807, 2.05) is 0 Å². The van der Waals surface area contributed by atoms with Crippen LogP contribution in [0.25, 0.3) is 0 Å². The third-order valence-electron chi connectivity index (χ3n) is 3.45. The lowest BCUT2D eigenvalue weighted by Gasteiger charge is -2.26. The summed E-state index contributed by atoms with van der Waals surface area (Å²) in [6.45, 7) is 5.77. The van der Waals surface area contributed by atoms with Gasteiger partial charge in [-0.1, -0.05) is 39.5 Å². The zero-order valence-corrected chi connectivity index (χ0v) is 10.3. The average Bonchev–Trinajstić information content (AvgIpc) is 2.47.